The number of fused-ring (bicyclic) bond motifs is 4. The Morgan fingerprint density at radius 2 is 1.15 bits per heavy atom. The van der Waals surface area contributed by atoms with E-state index in [1.54, 1.807) is 59.4 Å². The molecule has 474 valence electrons. The van der Waals surface area contributed by atoms with Crippen molar-refractivity contribution in [2.75, 3.05) is 39.4 Å². The number of likely N-dealkylation sites (tertiary alicyclic amines) is 2. The first-order valence-electron chi connectivity index (χ1n) is 31.2. The van der Waals surface area contributed by atoms with Crippen LogP contribution in [0.15, 0.2) is 84.2 Å². The molecule has 2 aromatic carbocycles. The van der Waals surface area contributed by atoms with Crippen LogP contribution in [0.4, 0.5) is 27.2 Å². The van der Waals surface area contributed by atoms with E-state index in [1.807, 2.05) is 48.5 Å². The number of carbonyl (C=O) groups excluding carboxylic acids is 4. The lowest BCUT2D eigenvalue weighted by molar-refractivity contribution is -0.199. The van der Waals surface area contributed by atoms with Crippen molar-refractivity contribution in [2.45, 2.75) is 208 Å². The second kappa shape index (κ2) is 24.7. The molecule has 24 heteroatoms. The van der Waals surface area contributed by atoms with Gasteiger partial charge in [-0.05, 0) is 140 Å². The molecule has 7 heterocycles. The molecule has 4 amide bonds. The third-order valence-electron chi connectivity index (χ3n) is 21.4. The Morgan fingerprint density at radius 3 is 1.56 bits per heavy atom. The molecule has 0 aromatic heterocycles. The predicted molar refractivity (Wildman–Crippen MR) is 321 cm³/mol. The summed E-state index contributed by atoms with van der Waals surface area (Å²) in [6, 6.07) is 18.8. The van der Waals surface area contributed by atoms with Crippen molar-refractivity contribution < 1.29 is 65.6 Å². The Kier molecular flexibility index (Phi) is 18.2. The van der Waals surface area contributed by atoms with Gasteiger partial charge >= 0.3 is 26.4 Å². The summed E-state index contributed by atoms with van der Waals surface area (Å²) < 4.78 is 80.4. The van der Waals surface area contributed by atoms with E-state index in [0.29, 0.717) is 56.8 Å². The number of benzene rings is 2. The zero-order valence-corrected chi connectivity index (χ0v) is 51.6. The minimum Gasteiger partial charge on any atom is -0.447 e. The lowest BCUT2D eigenvalue weighted by Gasteiger charge is -2.64. The Labute approximate surface area is 515 Å². The SMILES string of the molecule is [C-]#[N+]C(=CC(C)(C)N1CCC(F)(F)C1)C(=O)N1C2CCC1(COC(=O)N[C@@H](Cc1ccccc1)B(O)O)CC2.[C-]#[N+]C(=CC(C)(C)N1CCC(F)(F)C1)C(=O)N1C2CCC1(COC(=O)N[C@@H](Cc1ccccc1)B1O[C@@H]3C[C@@H]4C[C@@H](C4(C)C)[C@]3(C)O1)CC2. The number of nitrogens with one attached hydrogen (secondary N) is 2. The van der Waals surface area contributed by atoms with Crippen molar-refractivity contribution in [1.29, 1.82) is 0 Å². The van der Waals surface area contributed by atoms with Crippen molar-refractivity contribution in [1.82, 2.24) is 30.2 Å². The van der Waals surface area contributed by atoms with E-state index in [-0.39, 0.29) is 80.6 Å². The summed E-state index contributed by atoms with van der Waals surface area (Å²) in [4.78, 5) is 67.5. The van der Waals surface area contributed by atoms with Crippen molar-refractivity contribution in [2.24, 2.45) is 17.3 Å². The minimum atomic E-state index is -2.80. The molecule has 88 heavy (non-hydrogen) atoms. The van der Waals surface area contributed by atoms with Gasteiger partial charge in [0.25, 0.3) is 23.7 Å². The van der Waals surface area contributed by atoms with Crippen molar-refractivity contribution >= 4 is 38.2 Å². The van der Waals surface area contributed by atoms with Crippen LogP contribution in [0.5, 0.6) is 0 Å². The number of rotatable bonds is 18. The molecule has 3 aliphatic carbocycles. The highest BCUT2D eigenvalue weighted by atomic mass is 19.3. The van der Waals surface area contributed by atoms with Crippen LogP contribution in [0.1, 0.15) is 137 Å². The van der Waals surface area contributed by atoms with Crippen LogP contribution in [0.3, 0.4) is 0 Å². The molecule has 10 aliphatic rings. The molecule has 0 radical (unpaired) electrons. The largest absolute Gasteiger partial charge is 0.482 e. The maximum atomic E-state index is 14.0. The fourth-order valence-corrected chi connectivity index (χ4v) is 16.1. The van der Waals surface area contributed by atoms with Gasteiger partial charge in [0.05, 0.1) is 60.9 Å². The first-order chi connectivity index (χ1) is 41.4. The highest BCUT2D eigenvalue weighted by Gasteiger charge is 2.69. The van der Waals surface area contributed by atoms with Gasteiger partial charge in [-0.1, -0.05) is 86.7 Å². The lowest BCUT2D eigenvalue weighted by atomic mass is 9.43. The van der Waals surface area contributed by atoms with Gasteiger partial charge in [-0.25, -0.2) is 36.8 Å². The summed E-state index contributed by atoms with van der Waals surface area (Å²) >= 11 is 0. The summed E-state index contributed by atoms with van der Waals surface area (Å²) in [7, 11) is -2.44. The van der Waals surface area contributed by atoms with Crippen molar-refractivity contribution in [3.05, 3.63) is 118 Å². The molecular formula is C64H84B2F4N8O10. The number of hydrogen-bond acceptors (Lipinski definition) is 12. The van der Waals surface area contributed by atoms with E-state index >= 15 is 0 Å². The summed E-state index contributed by atoms with van der Waals surface area (Å²) in [5.74, 6) is -7.00. The Balaban J connectivity index is 0.000000200. The number of halogens is 4. The summed E-state index contributed by atoms with van der Waals surface area (Å²) in [5, 5.41) is 25.1. The average Bonchev–Trinajstić information content (AvgIpc) is 1.27. The minimum absolute atomic E-state index is 0.00316. The topological polar surface area (TPSA) is 191 Å². The van der Waals surface area contributed by atoms with E-state index in [9.17, 15) is 46.8 Å². The maximum absolute atomic E-state index is 14.0. The number of alkyl halides is 4. The average molecular weight is 1220 g/mol. The lowest BCUT2D eigenvalue weighted by Crippen LogP contribution is -2.65. The van der Waals surface area contributed by atoms with E-state index in [1.165, 1.54) is 12.2 Å². The van der Waals surface area contributed by atoms with Gasteiger partial charge in [0.2, 0.25) is 11.4 Å². The molecule has 3 saturated carbocycles. The predicted octanol–water partition coefficient (Wildman–Crippen LogP) is 8.82. The third-order valence-corrected chi connectivity index (χ3v) is 21.4. The van der Waals surface area contributed by atoms with Crippen LogP contribution in [-0.4, -0.2) is 177 Å². The molecule has 4 N–H and O–H groups in total. The van der Waals surface area contributed by atoms with Crippen LogP contribution in [0.25, 0.3) is 9.69 Å². The van der Waals surface area contributed by atoms with Gasteiger partial charge in [-0.3, -0.25) is 19.4 Å². The molecule has 0 spiro atoms. The molecule has 6 bridgehead atoms. The van der Waals surface area contributed by atoms with Gasteiger partial charge in [0, 0.05) is 49.1 Å². The molecule has 10 fully saturated rings. The van der Waals surface area contributed by atoms with Crippen LogP contribution < -0.4 is 10.6 Å². The Hall–Kier alpha value is -6.01. The second-order valence-corrected chi connectivity index (χ2v) is 28.2. The molecule has 12 rings (SSSR count). The fraction of sp³-hybridized carbons (Fsp3) is 0.656. The van der Waals surface area contributed by atoms with E-state index in [4.69, 9.17) is 31.9 Å². The standard InChI is InChI=1S/C37H49BF2N4O5.C27H35BF2N4O5/c1-33(2,43-17-16-37(39,40)22-43)21-27(41-6)31(45)44-26-12-14-36(44,15-13-26)23-47-32(46)42-30(18-24-10-8-7-9-11-24)38-48-29-20-25-19-28(34(25,3)4)35(29,5)49-38;1-25(2,33-14-13-27(29,30)17-33)16-21(31-3)23(35)34-20-9-11-26(34,12-10-20)18-39-24(36)32-22(28(37)38)15-19-7-5-4-6-8-19/h7-11,21,25-26,28-30H,12-20,22-23H2,1-5H3,(H,42,46);4-8,16,20,22,37-38H,9-15,17-18H2,1-2H3,(H,32,36)/t25-,26?,28-,29+,30-,35-,36?;20?,22-,26?/m00/s1. The van der Waals surface area contributed by atoms with Crippen molar-refractivity contribution in [3.8, 4) is 0 Å². The quantitative estimate of drug-likeness (QED) is 0.0481. The Morgan fingerprint density at radius 1 is 0.705 bits per heavy atom. The molecule has 6 atom stereocenters. The number of amides is 4. The maximum Gasteiger partial charge on any atom is 0.482 e. The Bertz CT molecular complexity index is 3070. The number of nitrogens with zero attached hydrogens (tertiary/aromatic N) is 6. The van der Waals surface area contributed by atoms with Gasteiger partial charge in [0.1, 0.15) is 13.2 Å². The van der Waals surface area contributed by atoms with Crippen molar-refractivity contribution in [3.63, 3.8) is 0 Å². The number of alkyl carbamates (subject to hydrolysis) is 2. The monoisotopic (exact) mass is 1220 g/mol. The van der Waals surface area contributed by atoms with Gasteiger partial charge in [0.15, 0.2) is 0 Å². The van der Waals surface area contributed by atoms with Crippen LogP contribution in [0.2, 0.25) is 0 Å². The van der Waals surface area contributed by atoms with Crippen LogP contribution >= 0.6 is 0 Å². The fourth-order valence-electron chi connectivity index (χ4n) is 16.1. The molecular weight excluding hydrogens is 1140 g/mol. The van der Waals surface area contributed by atoms with E-state index in [0.717, 1.165) is 36.8 Å². The number of hydrogen-bond donors (Lipinski definition) is 4. The van der Waals surface area contributed by atoms with Crippen LogP contribution in [0, 0.1) is 30.4 Å². The molecule has 7 saturated heterocycles. The van der Waals surface area contributed by atoms with Gasteiger partial charge in [-0.2, -0.15) is 0 Å². The number of ether oxygens (including phenoxy) is 2. The molecule has 2 aromatic rings. The highest BCUT2D eigenvalue weighted by molar-refractivity contribution is 6.48. The van der Waals surface area contributed by atoms with E-state index in [2.05, 4.69) is 41.1 Å². The highest BCUT2D eigenvalue weighted by Crippen LogP contribution is 2.66. The molecule has 18 nitrogen and oxygen atoms in total. The molecule has 7 aliphatic heterocycles. The second-order valence-electron chi connectivity index (χ2n) is 28.2. The van der Waals surface area contributed by atoms with Gasteiger partial charge < -0.3 is 49.3 Å². The van der Waals surface area contributed by atoms with E-state index < -0.39 is 103 Å². The normalized spacial score (nSPS) is 30.7. The zero-order chi connectivity index (χ0) is 63.4. The zero-order valence-electron chi connectivity index (χ0n) is 51.6. The summed E-state index contributed by atoms with van der Waals surface area (Å²) in [5.41, 5.74) is -1.94. The summed E-state index contributed by atoms with van der Waals surface area (Å²) in [6.45, 7) is 28.7. The number of carbonyl (C=O) groups is 4. The van der Waals surface area contributed by atoms with Crippen LogP contribution in [-0.2, 0) is 41.2 Å². The third kappa shape index (κ3) is 13.1. The first-order valence-corrected chi connectivity index (χ1v) is 31.2. The molecule has 0 unspecified atom stereocenters. The summed E-state index contributed by atoms with van der Waals surface area (Å²) in [6.07, 6.45) is 9.19. The first kappa shape index (κ1) is 65.0. The smallest absolute Gasteiger partial charge is 0.447 e. The van der Waals surface area contributed by atoms with Gasteiger partial charge in [-0.15, -0.1) is 0 Å².